The van der Waals surface area contributed by atoms with E-state index in [1.54, 1.807) is 0 Å². The van der Waals surface area contributed by atoms with Gasteiger partial charge in [0, 0.05) is 18.7 Å². The lowest BCUT2D eigenvalue weighted by Crippen LogP contribution is -2.42. The second-order valence-corrected chi connectivity index (χ2v) is 4.87. The van der Waals surface area contributed by atoms with Crippen LogP contribution in [0.3, 0.4) is 0 Å². The smallest absolute Gasteiger partial charge is 0.223 e. The van der Waals surface area contributed by atoms with Crippen molar-refractivity contribution in [1.29, 1.82) is 0 Å². The number of morpholine rings is 1. The molecule has 0 aliphatic carbocycles. The molecular weight excluding hydrogens is 280 g/mol. The number of para-hydroxylation sites is 1. The average Bonchev–Trinajstić information content (AvgIpc) is 2.83. The van der Waals surface area contributed by atoms with Crippen LogP contribution in [0.15, 0.2) is 24.3 Å². The Morgan fingerprint density at radius 2 is 2.25 bits per heavy atom. The molecule has 0 bridgehead atoms. The molecule has 0 radical (unpaired) electrons. The van der Waals surface area contributed by atoms with Gasteiger partial charge < -0.3 is 20.1 Å². The van der Waals surface area contributed by atoms with Crippen molar-refractivity contribution in [3.05, 3.63) is 29.8 Å². The van der Waals surface area contributed by atoms with E-state index in [0.717, 1.165) is 24.4 Å². The van der Waals surface area contributed by atoms with E-state index in [0.29, 0.717) is 19.6 Å². The van der Waals surface area contributed by atoms with Gasteiger partial charge >= 0.3 is 0 Å². The molecule has 110 valence electrons. The molecule has 1 amide bonds. The largest absolute Gasteiger partial charge is 0.491 e. The number of carbonyl (C=O) groups is 1. The lowest BCUT2D eigenvalue weighted by molar-refractivity contribution is -0.125. The van der Waals surface area contributed by atoms with Gasteiger partial charge in [-0.15, -0.1) is 12.4 Å². The van der Waals surface area contributed by atoms with Crippen molar-refractivity contribution in [2.45, 2.75) is 18.6 Å². The minimum atomic E-state index is -0.0414. The Morgan fingerprint density at radius 3 is 3.05 bits per heavy atom. The monoisotopic (exact) mass is 298 g/mol. The van der Waals surface area contributed by atoms with E-state index in [1.807, 2.05) is 24.3 Å². The molecule has 2 aliphatic rings. The van der Waals surface area contributed by atoms with Crippen LogP contribution in [0.2, 0.25) is 0 Å². The van der Waals surface area contributed by atoms with Gasteiger partial charge in [0.1, 0.15) is 12.4 Å². The molecule has 5 nitrogen and oxygen atoms in total. The second kappa shape index (κ2) is 6.92. The van der Waals surface area contributed by atoms with E-state index in [9.17, 15) is 4.79 Å². The minimum Gasteiger partial charge on any atom is -0.491 e. The Kier molecular flexibility index (Phi) is 5.23. The van der Waals surface area contributed by atoms with Crippen LogP contribution in [-0.2, 0) is 9.53 Å². The van der Waals surface area contributed by atoms with Crippen LogP contribution in [0.25, 0.3) is 0 Å². The maximum absolute atomic E-state index is 12.0. The minimum absolute atomic E-state index is 0. The highest BCUT2D eigenvalue weighted by Crippen LogP contribution is 2.31. The molecule has 2 atom stereocenters. The van der Waals surface area contributed by atoms with E-state index in [4.69, 9.17) is 9.47 Å². The number of amides is 1. The van der Waals surface area contributed by atoms with Crippen LogP contribution in [0.5, 0.6) is 5.75 Å². The van der Waals surface area contributed by atoms with Gasteiger partial charge in [-0.3, -0.25) is 4.79 Å². The number of ether oxygens (including phenoxy) is 2. The zero-order valence-corrected chi connectivity index (χ0v) is 11.9. The zero-order chi connectivity index (χ0) is 13.1. The van der Waals surface area contributed by atoms with Crippen molar-refractivity contribution in [3.63, 3.8) is 0 Å². The number of hydrogen-bond donors (Lipinski definition) is 2. The number of benzene rings is 1. The maximum Gasteiger partial charge on any atom is 0.223 e. The fraction of sp³-hybridized carbons (Fsp3) is 0.500. The van der Waals surface area contributed by atoms with E-state index < -0.39 is 0 Å². The summed E-state index contributed by atoms with van der Waals surface area (Å²) < 4.78 is 11.1. The molecule has 2 aliphatic heterocycles. The SMILES string of the molecule is Cl.O=C(CC1CNCCO1)NC1COc2ccccc21. The van der Waals surface area contributed by atoms with E-state index in [1.165, 1.54) is 0 Å². The van der Waals surface area contributed by atoms with Gasteiger partial charge in [-0.2, -0.15) is 0 Å². The van der Waals surface area contributed by atoms with Crippen molar-refractivity contribution in [3.8, 4) is 5.75 Å². The van der Waals surface area contributed by atoms with Gasteiger partial charge in [0.2, 0.25) is 5.91 Å². The molecule has 0 aromatic heterocycles. The summed E-state index contributed by atoms with van der Waals surface area (Å²) in [5.74, 6) is 0.877. The molecule has 20 heavy (non-hydrogen) atoms. The molecule has 0 spiro atoms. The summed E-state index contributed by atoms with van der Waals surface area (Å²) in [6, 6.07) is 7.77. The van der Waals surface area contributed by atoms with Gasteiger partial charge in [-0.25, -0.2) is 0 Å². The lowest BCUT2D eigenvalue weighted by atomic mass is 10.1. The summed E-state index contributed by atoms with van der Waals surface area (Å²) in [5, 5.41) is 6.23. The first kappa shape index (κ1) is 15.1. The van der Waals surface area contributed by atoms with Crippen LogP contribution in [0.1, 0.15) is 18.0 Å². The van der Waals surface area contributed by atoms with Crippen LogP contribution < -0.4 is 15.4 Å². The van der Waals surface area contributed by atoms with Crippen LogP contribution >= 0.6 is 12.4 Å². The molecule has 0 saturated carbocycles. The third-order valence-corrected chi connectivity index (χ3v) is 3.45. The van der Waals surface area contributed by atoms with Crippen LogP contribution in [-0.4, -0.2) is 38.3 Å². The number of hydrogen-bond acceptors (Lipinski definition) is 4. The summed E-state index contributed by atoms with van der Waals surface area (Å²) in [6.45, 7) is 2.79. The number of fused-ring (bicyclic) bond motifs is 1. The van der Waals surface area contributed by atoms with Crippen LogP contribution in [0.4, 0.5) is 0 Å². The molecule has 1 aromatic carbocycles. The van der Waals surface area contributed by atoms with Gasteiger partial charge in [0.05, 0.1) is 25.2 Å². The molecule has 1 aromatic rings. The van der Waals surface area contributed by atoms with Crippen molar-refractivity contribution in [2.24, 2.45) is 0 Å². The van der Waals surface area contributed by atoms with Crippen molar-refractivity contribution < 1.29 is 14.3 Å². The van der Waals surface area contributed by atoms with Gasteiger partial charge in [0.25, 0.3) is 0 Å². The Labute approximate surface area is 124 Å². The Morgan fingerprint density at radius 1 is 1.40 bits per heavy atom. The van der Waals surface area contributed by atoms with E-state index in [2.05, 4.69) is 10.6 Å². The number of halogens is 1. The normalized spacial score (nSPS) is 24.2. The molecule has 2 N–H and O–H groups in total. The molecule has 2 heterocycles. The molecule has 3 rings (SSSR count). The molecule has 2 unspecified atom stereocenters. The molecule has 6 heteroatoms. The zero-order valence-electron chi connectivity index (χ0n) is 11.1. The maximum atomic E-state index is 12.0. The van der Waals surface area contributed by atoms with Crippen molar-refractivity contribution in [2.75, 3.05) is 26.3 Å². The highest BCUT2D eigenvalue weighted by Gasteiger charge is 2.26. The van der Waals surface area contributed by atoms with E-state index in [-0.39, 0.29) is 30.5 Å². The third kappa shape index (κ3) is 3.42. The standard InChI is InChI=1S/C14H18N2O3.ClH/c17-14(7-10-8-15-5-6-18-10)16-12-9-19-13-4-2-1-3-11(12)13;/h1-4,10,12,15H,5-9H2,(H,16,17);1H. The first-order chi connectivity index (χ1) is 9.33. The number of carbonyl (C=O) groups excluding carboxylic acids is 1. The molecule has 1 saturated heterocycles. The first-order valence-electron chi connectivity index (χ1n) is 6.66. The highest BCUT2D eigenvalue weighted by molar-refractivity contribution is 5.85. The highest BCUT2D eigenvalue weighted by atomic mass is 35.5. The third-order valence-electron chi connectivity index (χ3n) is 3.45. The fourth-order valence-corrected chi connectivity index (χ4v) is 2.49. The van der Waals surface area contributed by atoms with E-state index >= 15 is 0 Å². The fourth-order valence-electron chi connectivity index (χ4n) is 2.49. The Balaban J connectivity index is 0.00000147. The van der Waals surface area contributed by atoms with Crippen molar-refractivity contribution in [1.82, 2.24) is 10.6 Å². The summed E-state index contributed by atoms with van der Waals surface area (Å²) in [6.07, 6.45) is 0.373. The molecule has 1 fully saturated rings. The Hall–Kier alpha value is -1.30. The van der Waals surface area contributed by atoms with Gasteiger partial charge in [-0.05, 0) is 6.07 Å². The topological polar surface area (TPSA) is 59.6 Å². The predicted octanol–water partition coefficient (Wildman–Crippen LogP) is 1.04. The number of rotatable bonds is 3. The first-order valence-corrected chi connectivity index (χ1v) is 6.66. The summed E-state index contributed by atoms with van der Waals surface area (Å²) >= 11 is 0. The lowest BCUT2D eigenvalue weighted by Gasteiger charge is -2.23. The van der Waals surface area contributed by atoms with Gasteiger partial charge in [0.15, 0.2) is 0 Å². The Bertz CT molecular complexity index is 463. The quantitative estimate of drug-likeness (QED) is 0.875. The number of nitrogens with one attached hydrogen (secondary N) is 2. The summed E-state index contributed by atoms with van der Waals surface area (Å²) in [5.41, 5.74) is 1.05. The average molecular weight is 299 g/mol. The van der Waals surface area contributed by atoms with Crippen LogP contribution in [0, 0.1) is 0 Å². The van der Waals surface area contributed by atoms with Gasteiger partial charge in [-0.1, -0.05) is 18.2 Å². The molecular formula is C14H19ClN2O3. The second-order valence-electron chi connectivity index (χ2n) is 4.87. The summed E-state index contributed by atoms with van der Waals surface area (Å²) in [4.78, 5) is 12.0. The van der Waals surface area contributed by atoms with Crippen molar-refractivity contribution >= 4 is 18.3 Å². The predicted molar refractivity (Wildman–Crippen MR) is 77.3 cm³/mol. The summed E-state index contributed by atoms with van der Waals surface area (Å²) in [7, 11) is 0.